The fourth-order valence-corrected chi connectivity index (χ4v) is 4.03. The normalized spacial score (nSPS) is 17.1. The number of carbonyl (C=O) groups is 1. The van der Waals surface area contributed by atoms with E-state index >= 15 is 0 Å². The molecule has 0 fully saturated rings. The molecule has 0 saturated carbocycles. The molecule has 2 aromatic carbocycles. The zero-order valence-electron chi connectivity index (χ0n) is 14.3. The minimum Gasteiger partial charge on any atom is -0.485 e. The number of carbonyl (C=O) groups excluding carboxylic acids is 1. The Balaban J connectivity index is 1.70. The predicted molar refractivity (Wildman–Crippen MR) is 97.2 cm³/mol. The lowest BCUT2D eigenvalue weighted by Crippen LogP contribution is -2.36. The minimum absolute atomic E-state index is 0.173. The molecule has 1 amide bonds. The molecule has 25 heavy (non-hydrogen) atoms. The molecule has 1 aromatic heterocycles. The molecular weight excluding hydrogens is 336 g/mol. The number of aromatic nitrogens is 1. The number of fused-ring (bicyclic) bond motifs is 2. The summed E-state index contributed by atoms with van der Waals surface area (Å²) in [4.78, 5) is 17.5. The molecule has 4 rings (SSSR count). The Labute approximate surface area is 149 Å². The lowest BCUT2D eigenvalue weighted by molar-refractivity contribution is -0.127. The van der Waals surface area contributed by atoms with Gasteiger partial charge in [0.2, 0.25) is 6.10 Å². The van der Waals surface area contributed by atoms with Gasteiger partial charge in [-0.1, -0.05) is 29.5 Å². The van der Waals surface area contributed by atoms with Crippen LogP contribution >= 0.6 is 11.3 Å². The second kappa shape index (κ2) is 6.04. The molecule has 0 spiro atoms. The smallest absolute Gasteiger partial charge is 0.292 e. The Morgan fingerprint density at radius 2 is 1.96 bits per heavy atom. The van der Waals surface area contributed by atoms with Crippen LogP contribution in [0.5, 0.6) is 11.5 Å². The van der Waals surface area contributed by atoms with Crippen LogP contribution in [-0.2, 0) is 11.8 Å². The van der Waals surface area contributed by atoms with E-state index in [9.17, 15) is 4.79 Å². The van der Waals surface area contributed by atoms with Crippen molar-refractivity contribution in [2.24, 2.45) is 12.0 Å². The quantitative estimate of drug-likeness (QED) is 0.675. The van der Waals surface area contributed by atoms with Gasteiger partial charge < -0.3 is 14.0 Å². The SMILES string of the molecule is Cc1ccc2sc(=NC(=O)[C@@H]3COc4ccccc4O3)n(C)c2c1C. The van der Waals surface area contributed by atoms with Crippen molar-refractivity contribution in [1.29, 1.82) is 0 Å². The second-order valence-electron chi connectivity index (χ2n) is 6.11. The first-order valence-corrected chi connectivity index (χ1v) is 8.89. The summed E-state index contributed by atoms with van der Waals surface area (Å²) >= 11 is 1.50. The van der Waals surface area contributed by atoms with Crippen molar-refractivity contribution in [2.45, 2.75) is 20.0 Å². The number of para-hydroxylation sites is 2. The highest BCUT2D eigenvalue weighted by atomic mass is 32.1. The maximum absolute atomic E-state index is 12.6. The first-order chi connectivity index (χ1) is 12.0. The van der Waals surface area contributed by atoms with Crippen molar-refractivity contribution >= 4 is 27.5 Å². The predicted octanol–water partition coefficient (Wildman–Crippen LogP) is 3.12. The van der Waals surface area contributed by atoms with Gasteiger partial charge in [-0.2, -0.15) is 4.99 Å². The van der Waals surface area contributed by atoms with Crippen LogP contribution in [0.4, 0.5) is 0 Å². The van der Waals surface area contributed by atoms with Crippen LogP contribution in [-0.4, -0.2) is 23.2 Å². The van der Waals surface area contributed by atoms with Crippen LogP contribution in [0.3, 0.4) is 0 Å². The van der Waals surface area contributed by atoms with E-state index in [0.29, 0.717) is 16.3 Å². The van der Waals surface area contributed by atoms with Crippen LogP contribution in [0.2, 0.25) is 0 Å². The van der Waals surface area contributed by atoms with E-state index in [0.717, 1.165) is 10.2 Å². The summed E-state index contributed by atoms with van der Waals surface area (Å²) in [6.07, 6.45) is -0.719. The first kappa shape index (κ1) is 15.9. The van der Waals surface area contributed by atoms with E-state index in [1.54, 1.807) is 6.07 Å². The zero-order valence-corrected chi connectivity index (χ0v) is 15.1. The number of nitrogens with zero attached hydrogens (tertiary/aromatic N) is 2. The largest absolute Gasteiger partial charge is 0.485 e. The van der Waals surface area contributed by atoms with Crippen LogP contribution in [0.1, 0.15) is 11.1 Å². The molecule has 1 aliphatic heterocycles. The first-order valence-electron chi connectivity index (χ1n) is 8.07. The minimum atomic E-state index is -0.719. The Bertz CT molecular complexity index is 1050. The molecule has 0 saturated heterocycles. The molecule has 0 N–H and O–H groups in total. The molecule has 0 aliphatic carbocycles. The van der Waals surface area contributed by atoms with Gasteiger partial charge in [-0.15, -0.1) is 0 Å². The van der Waals surface area contributed by atoms with E-state index in [2.05, 4.69) is 31.0 Å². The van der Waals surface area contributed by atoms with Crippen molar-refractivity contribution in [2.75, 3.05) is 6.61 Å². The van der Waals surface area contributed by atoms with Crippen LogP contribution in [0.25, 0.3) is 10.2 Å². The standard InChI is InChI=1S/C19H18N2O3S/c1-11-8-9-16-17(12(11)2)21(3)19(25-16)20-18(22)15-10-23-13-6-4-5-7-14(13)24-15/h4-9,15H,10H2,1-3H3/t15-/m0/s1. The van der Waals surface area contributed by atoms with Gasteiger partial charge in [0.25, 0.3) is 5.91 Å². The molecule has 2 heterocycles. The van der Waals surface area contributed by atoms with E-state index in [1.807, 2.05) is 29.8 Å². The highest BCUT2D eigenvalue weighted by Crippen LogP contribution is 2.31. The van der Waals surface area contributed by atoms with Gasteiger partial charge in [-0.05, 0) is 43.2 Å². The zero-order chi connectivity index (χ0) is 17.6. The van der Waals surface area contributed by atoms with Crippen molar-refractivity contribution < 1.29 is 14.3 Å². The monoisotopic (exact) mass is 354 g/mol. The lowest BCUT2D eigenvalue weighted by atomic mass is 10.1. The van der Waals surface area contributed by atoms with E-state index in [1.165, 1.54) is 22.5 Å². The number of benzene rings is 2. The number of rotatable bonds is 1. The lowest BCUT2D eigenvalue weighted by Gasteiger charge is -2.23. The summed E-state index contributed by atoms with van der Waals surface area (Å²) in [5, 5.41) is 0. The number of thiazole rings is 1. The molecule has 0 unspecified atom stereocenters. The van der Waals surface area contributed by atoms with Gasteiger partial charge in [0, 0.05) is 7.05 Å². The number of ether oxygens (including phenoxy) is 2. The Morgan fingerprint density at radius 1 is 1.20 bits per heavy atom. The molecule has 128 valence electrons. The average molecular weight is 354 g/mol. The van der Waals surface area contributed by atoms with E-state index in [4.69, 9.17) is 9.47 Å². The summed E-state index contributed by atoms with van der Waals surface area (Å²) in [6, 6.07) is 11.5. The van der Waals surface area contributed by atoms with E-state index in [-0.39, 0.29) is 12.5 Å². The maximum atomic E-state index is 12.6. The fraction of sp³-hybridized carbons (Fsp3) is 0.263. The third-order valence-electron chi connectivity index (χ3n) is 4.48. The third kappa shape index (κ3) is 2.72. The van der Waals surface area contributed by atoms with Crippen LogP contribution < -0.4 is 14.3 Å². The summed E-state index contributed by atoms with van der Waals surface area (Å²) in [6.45, 7) is 4.34. The summed E-state index contributed by atoms with van der Waals surface area (Å²) in [7, 11) is 1.94. The molecule has 1 atom stereocenters. The number of amides is 1. The summed E-state index contributed by atoms with van der Waals surface area (Å²) in [5.41, 5.74) is 3.54. The van der Waals surface area contributed by atoms with Gasteiger partial charge >= 0.3 is 0 Å². The van der Waals surface area contributed by atoms with Crippen LogP contribution in [0, 0.1) is 13.8 Å². The summed E-state index contributed by atoms with van der Waals surface area (Å²) in [5.74, 6) is 0.908. The molecule has 0 bridgehead atoms. The van der Waals surface area contributed by atoms with E-state index < -0.39 is 6.10 Å². The molecule has 5 nitrogen and oxygen atoms in total. The van der Waals surface area contributed by atoms with Crippen LogP contribution in [0.15, 0.2) is 41.4 Å². The molecule has 1 aliphatic rings. The second-order valence-corrected chi connectivity index (χ2v) is 7.12. The molecular formula is C19H18N2O3S. The molecule has 0 radical (unpaired) electrons. The van der Waals surface area contributed by atoms with Gasteiger partial charge in [0.15, 0.2) is 16.3 Å². The number of aryl methyl sites for hydroxylation is 3. The van der Waals surface area contributed by atoms with Gasteiger partial charge in [0.05, 0.1) is 10.2 Å². The number of hydrogen-bond acceptors (Lipinski definition) is 4. The summed E-state index contributed by atoms with van der Waals surface area (Å²) < 4.78 is 14.4. The Kier molecular flexibility index (Phi) is 3.84. The van der Waals surface area contributed by atoms with Crippen molar-refractivity contribution in [1.82, 2.24) is 4.57 Å². The third-order valence-corrected chi connectivity index (χ3v) is 5.58. The average Bonchev–Trinajstić information content (AvgIpc) is 2.94. The van der Waals surface area contributed by atoms with Gasteiger partial charge in [-0.25, -0.2) is 0 Å². The van der Waals surface area contributed by atoms with Crippen molar-refractivity contribution in [3.8, 4) is 11.5 Å². The highest BCUT2D eigenvalue weighted by molar-refractivity contribution is 7.16. The highest BCUT2D eigenvalue weighted by Gasteiger charge is 2.27. The molecule has 6 heteroatoms. The van der Waals surface area contributed by atoms with Gasteiger partial charge in [0.1, 0.15) is 6.61 Å². The van der Waals surface area contributed by atoms with Gasteiger partial charge in [-0.3, -0.25) is 4.79 Å². The topological polar surface area (TPSA) is 52.8 Å². The van der Waals surface area contributed by atoms with Crippen molar-refractivity contribution in [3.63, 3.8) is 0 Å². The number of hydrogen-bond donors (Lipinski definition) is 0. The molecule has 3 aromatic rings. The van der Waals surface area contributed by atoms with Crippen molar-refractivity contribution in [3.05, 3.63) is 52.3 Å². The maximum Gasteiger partial charge on any atom is 0.292 e. The fourth-order valence-electron chi connectivity index (χ4n) is 2.94. The Hall–Kier alpha value is -2.60. The Morgan fingerprint density at radius 3 is 2.76 bits per heavy atom.